The van der Waals surface area contributed by atoms with Gasteiger partial charge in [0, 0.05) is 12.1 Å². The molecule has 8 nitrogen and oxygen atoms in total. The fourth-order valence-corrected chi connectivity index (χ4v) is 2.79. The van der Waals surface area contributed by atoms with Crippen LogP contribution in [0.1, 0.15) is 10.6 Å². The Morgan fingerprint density at radius 3 is 2.52 bits per heavy atom. The number of para-hydroxylation sites is 1. The van der Waals surface area contributed by atoms with Crippen molar-refractivity contribution in [2.24, 2.45) is 0 Å². The summed E-state index contributed by atoms with van der Waals surface area (Å²) in [4.78, 5) is 36.4. The fraction of sp³-hybridized carbons (Fsp3) is 0.150. The Kier molecular flexibility index (Phi) is 6.04. The van der Waals surface area contributed by atoms with Crippen LogP contribution in [0.4, 0.5) is 5.69 Å². The second-order valence-corrected chi connectivity index (χ2v) is 6.19. The highest BCUT2D eigenvalue weighted by atomic mass is 35.5. The second-order valence-electron chi connectivity index (χ2n) is 5.78. The first-order chi connectivity index (χ1) is 13.9. The largest absolute Gasteiger partial charge is 0.495 e. The minimum absolute atomic E-state index is 0.244. The van der Waals surface area contributed by atoms with Crippen LogP contribution in [0.25, 0.3) is 11.0 Å². The highest BCUT2D eigenvalue weighted by molar-refractivity contribution is 6.32. The molecule has 1 amide bonds. The van der Waals surface area contributed by atoms with Crippen LogP contribution in [0.2, 0.25) is 5.02 Å². The molecule has 1 aromatic heterocycles. The number of hydrogen-bond donors (Lipinski definition) is 1. The molecule has 0 radical (unpaired) electrons. The summed E-state index contributed by atoms with van der Waals surface area (Å²) in [6, 6.07) is 10.5. The number of methoxy groups -OCH3 is 2. The highest BCUT2D eigenvalue weighted by Gasteiger charge is 2.17. The lowest BCUT2D eigenvalue weighted by molar-refractivity contribution is -0.119. The summed E-state index contributed by atoms with van der Waals surface area (Å²) in [5.74, 6) is -1.19. The Hall–Kier alpha value is -3.52. The van der Waals surface area contributed by atoms with Crippen molar-refractivity contribution >= 4 is 40.1 Å². The zero-order valence-corrected chi connectivity index (χ0v) is 16.2. The van der Waals surface area contributed by atoms with Crippen molar-refractivity contribution in [2.45, 2.75) is 0 Å². The van der Waals surface area contributed by atoms with Gasteiger partial charge in [-0.1, -0.05) is 23.7 Å². The van der Waals surface area contributed by atoms with Crippen molar-refractivity contribution in [1.82, 2.24) is 0 Å². The zero-order chi connectivity index (χ0) is 21.0. The van der Waals surface area contributed by atoms with E-state index in [2.05, 4.69) is 5.32 Å². The average Bonchev–Trinajstić information content (AvgIpc) is 2.72. The van der Waals surface area contributed by atoms with Gasteiger partial charge in [0.25, 0.3) is 5.91 Å². The predicted octanol–water partition coefficient (Wildman–Crippen LogP) is 3.26. The van der Waals surface area contributed by atoms with E-state index in [1.807, 2.05) is 0 Å². The average molecular weight is 418 g/mol. The Labute approximate surface area is 169 Å². The number of carbonyl (C=O) groups is 2. The van der Waals surface area contributed by atoms with Crippen LogP contribution < -0.4 is 20.2 Å². The van der Waals surface area contributed by atoms with Gasteiger partial charge in [-0.15, -0.1) is 0 Å². The summed E-state index contributed by atoms with van der Waals surface area (Å²) in [6.45, 7) is -0.609. The Morgan fingerprint density at radius 1 is 1.07 bits per heavy atom. The molecule has 0 aliphatic rings. The molecule has 0 aliphatic carbocycles. The van der Waals surface area contributed by atoms with E-state index in [0.29, 0.717) is 16.9 Å². The maximum atomic E-state index is 12.2. The molecule has 3 rings (SSSR count). The van der Waals surface area contributed by atoms with E-state index in [0.717, 1.165) is 6.07 Å². The molecule has 0 atom stereocenters. The molecular weight excluding hydrogens is 402 g/mol. The van der Waals surface area contributed by atoms with E-state index < -0.39 is 18.5 Å². The van der Waals surface area contributed by atoms with Crippen molar-refractivity contribution in [1.29, 1.82) is 0 Å². The number of nitrogens with one attached hydrogen (secondary N) is 1. The minimum Gasteiger partial charge on any atom is -0.495 e. The Bertz CT molecular complexity index is 1140. The minimum atomic E-state index is -0.942. The lowest BCUT2D eigenvalue weighted by atomic mass is 10.2. The van der Waals surface area contributed by atoms with Gasteiger partial charge in [-0.3, -0.25) is 9.59 Å². The van der Waals surface area contributed by atoms with Gasteiger partial charge in [0.15, 0.2) is 12.0 Å². The lowest BCUT2D eigenvalue weighted by Gasteiger charge is -2.13. The highest BCUT2D eigenvalue weighted by Crippen LogP contribution is 2.35. The summed E-state index contributed by atoms with van der Waals surface area (Å²) in [5, 5.41) is 3.13. The van der Waals surface area contributed by atoms with Crippen LogP contribution >= 0.6 is 11.6 Å². The van der Waals surface area contributed by atoms with E-state index in [4.69, 9.17) is 30.2 Å². The van der Waals surface area contributed by atoms with Crippen LogP contribution in [0.5, 0.6) is 11.5 Å². The molecule has 3 aromatic rings. The molecule has 0 bridgehead atoms. The monoisotopic (exact) mass is 417 g/mol. The summed E-state index contributed by atoms with van der Waals surface area (Å²) in [6.07, 6.45) is 0. The molecule has 1 N–H and O–H groups in total. The molecule has 2 aromatic carbocycles. The van der Waals surface area contributed by atoms with E-state index >= 15 is 0 Å². The molecule has 1 heterocycles. The lowest BCUT2D eigenvalue weighted by Crippen LogP contribution is -2.21. The van der Waals surface area contributed by atoms with Gasteiger partial charge < -0.3 is 23.9 Å². The number of anilines is 1. The first-order valence-electron chi connectivity index (χ1n) is 8.34. The van der Waals surface area contributed by atoms with Crippen molar-refractivity contribution < 1.29 is 28.2 Å². The van der Waals surface area contributed by atoms with Gasteiger partial charge in [0.1, 0.15) is 17.1 Å². The molecule has 9 heteroatoms. The topological polar surface area (TPSA) is 104 Å². The first-order valence-corrected chi connectivity index (χ1v) is 8.72. The number of hydrogen-bond acceptors (Lipinski definition) is 7. The van der Waals surface area contributed by atoms with E-state index in [-0.39, 0.29) is 27.5 Å². The predicted molar refractivity (Wildman–Crippen MR) is 106 cm³/mol. The number of benzene rings is 2. The molecular formula is C20H16ClNO7. The van der Waals surface area contributed by atoms with E-state index in [1.165, 1.54) is 26.4 Å². The normalized spacial score (nSPS) is 10.4. The zero-order valence-electron chi connectivity index (χ0n) is 15.5. The number of amides is 1. The molecule has 0 fully saturated rings. The summed E-state index contributed by atoms with van der Waals surface area (Å²) >= 11 is 6.05. The van der Waals surface area contributed by atoms with Gasteiger partial charge in [0.2, 0.25) is 5.76 Å². The van der Waals surface area contributed by atoms with Crippen molar-refractivity contribution in [3.63, 3.8) is 0 Å². The number of rotatable bonds is 6. The third-order valence-electron chi connectivity index (χ3n) is 3.92. The smallest absolute Gasteiger partial charge is 0.374 e. The number of halogens is 1. The summed E-state index contributed by atoms with van der Waals surface area (Å²) in [5.41, 5.74) is 0.131. The number of ether oxygens (including phenoxy) is 3. The standard InChI is InChI=1S/C20H16ClNO7/c1-26-16-9-17(27-2)13(7-12(16)21)22-19(24)10-28-20(25)18-8-14(23)11-5-3-4-6-15(11)29-18/h3-9H,10H2,1-2H3,(H,22,24). The van der Waals surface area contributed by atoms with Crippen LogP contribution in [0.3, 0.4) is 0 Å². The maximum Gasteiger partial charge on any atom is 0.374 e. The SMILES string of the molecule is COc1cc(OC)c(NC(=O)COC(=O)c2cc(=O)c3ccccc3o2)cc1Cl. The van der Waals surface area contributed by atoms with Gasteiger partial charge in [-0.05, 0) is 18.2 Å². The number of esters is 1. The molecule has 0 saturated carbocycles. The second kappa shape index (κ2) is 8.66. The van der Waals surface area contributed by atoms with Gasteiger partial charge in [-0.2, -0.15) is 0 Å². The van der Waals surface area contributed by atoms with Crippen molar-refractivity contribution in [3.8, 4) is 11.5 Å². The third-order valence-corrected chi connectivity index (χ3v) is 4.21. The van der Waals surface area contributed by atoms with Gasteiger partial charge >= 0.3 is 5.97 Å². The van der Waals surface area contributed by atoms with Crippen LogP contribution in [0.15, 0.2) is 51.7 Å². The molecule has 0 saturated heterocycles. The van der Waals surface area contributed by atoms with Crippen molar-refractivity contribution in [2.75, 3.05) is 26.1 Å². The molecule has 0 spiro atoms. The fourth-order valence-electron chi connectivity index (χ4n) is 2.55. The van der Waals surface area contributed by atoms with E-state index in [9.17, 15) is 14.4 Å². The molecule has 0 aliphatic heterocycles. The van der Waals surface area contributed by atoms with Gasteiger partial charge in [0.05, 0.1) is 30.3 Å². The van der Waals surface area contributed by atoms with Crippen molar-refractivity contribution in [3.05, 3.63) is 63.5 Å². The Morgan fingerprint density at radius 2 is 1.79 bits per heavy atom. The summed E-state index contributed by atoms with van der Waals surface area (Å²) < 4.78 is 20.6. The summed E-state index contributed by atoms with van der Waals surface area (Å²) in [7, 11) is 2.86. The van der Waals surface area contributed by atoms with Crippen LogP contribution in [-0.4, -0.2) is 32.7 Å². The molecule has 29 heavy (non-hydrogen) atoms. The van der Waals surface area contributed by atoms with E-state index in [1.54, 1.807) is 24.3 Å². The first kappa shape index (κ1) is 20.2. The Balaban J connectivity index is 1.69. The molecule has 150 valence electrons. The maximum absolute atomic E-state index is 12.2. The van der Waals surface area contributed by atoms with Crippen LogP contribution in [-0.2, 0) is 9.53 Å². The quantitative estimate of drug-likeness (QED) is 0.614. The third kappa shape index (κ3) is 4.49. The van der Waals surface area contributed by atoms with Crippen LogP contribution in [0, 0.1) is 0 Å². The van der Waals surface area contributed by atoms with Gasteiger partial charge in [-0.25, -0.2) is 4.79 Å². The number of fused-ring (bicyclic) bond motifs is 1. The molecule has 0 unspecified atom stereocenters. The number of carbonyl (C=O) groups excluding carboxylic acids is 2.